The van der Waals surface area contributed by atoms with E-state index in [1.807, 2.05) is 43.4 Å². The molecule has 2 rings (SSSR count). The van der Waals surface area contributed by atoms with Gasteiger partial charge in [-0.3, -0.25) is 9.69 Å². The number of benzene rings is 2. The summed E-state index contributed by atoms with van der Waals surface area (Å²) < 4.78 is 10.3. The molecule has 0 atom stereocenters. The van der Waals surface area contributed by atoms with Gasteiger partial charge in [0.05, 0.1) is 20.8 Å². The standard InChI is InChI=1S/C20H25NO3.ClH/c1-21(13-5-7-16-6-4-8-19(14-16)24-3)15-20(22)17-9-11-18(23-2)12-10-17;/h4,6,8-12,14H,5,7,13,15H2,1-3H3;1H. The van der Waals surface area contributed by atoms with Crippen molar-refractivity contribution in [1.82, 2.24) is 4.90 Å². The second-order valence-electron chi connectivity index (χ2n) is 5.84. The normalized spacial score (nSPS) is 10.2. The highest BCUT2D eigenvalue weighted by Crippen LogP contribution is 2.14. The van der Waals surface area contributed by atoms with Crippen LogP contribution in [0.1, 0.15) is 22.3 Å². The smallest absolute Gasteiger partial charge is 0.176 e. The highest BCUT2D eigenvalue weighted by molar-refractivity contribution is 5.97. The van der Waals surface area contributed by atoms with E-state index in [4.69, 9.17) is 9.47 Å². The van der Waals surface area contributed by atoms with Gasteiger partial charge in [0.25, 0.3) is 0 Å². The van der Waals surface area contributed by atoms with Gasteiger partial charge in [0, 0.05) is 5.56 Å². The zero-order valence-corrected chi connectivity index (χ0v) is 15.8. The number of halogens is 1. The molecule has 0 saturated heterocycles. The van der Waals surface area contributed by atoms with E-state index in [2.05, 4.69) is 17.0 Å². The number of carbonyl (C=O) groups excluding carboxylic acids is 1. The average molecular weight is 364 g/mol. The number of ketones is 1. The highest BCUT2D eigenvalue weighted by Gasteiger charge is 2.09. The van der Waals surface area contributed by atoms with E-state index in [1.165, 1.54) is 5.56 Å². The first-order chi connectivity index (χ1) is 11.6. The lowest BCUT2D eigenvalue weighted by Crippen LogP contribution is -2.27. The van der Waals surface area contributed by atoms with Crippen LogP contribution in [0.25, 0.3) is 0 Å². The Balaban J connectivity index is 0.00000312. The lowest BCUT2D eigenvalue weighted by Gasteiger charge is -2.16. The minimum atomic E-state index is 0. The van der Waals surface area contributed by atoms with Crippen molar-refractivity contribution in [1.29, 1.82) is 0 Å². The van der Waals surface area contributed by atoms with Crippen molar-refractivity contribution < 1.29 is 14.3 Å². The fourth-order valence-electron chi connectivity index (χ4n) is 2.57. The van der Waals surface area contributed by atoms with E-state index < -0.39 is 0 Å². The number of rotatable bonds is 9. The minimum absolute atomic E-state index is 0. The zero-order chi connectivity index (χ0) is 17.4. The van der Waals surface area contributed by atoms with Crippen molar-refractivity contribution in [3.8, 4) is 11.5 Å². The summed E-state index contributed by atoms with van der Waals surface area (Å²) in [5, 5.41) is 0. The number of methoxy groups -OCH3 is 2. The van der Waals surface area contributed by atoms with Gasteiger partial charge in [-0.25, -0.2) is 0 Å². The third kappa shape index (κ3) is 6.77. The summed E-state index contributed by atoms with van der Waals surface area (Å²) in [6, 6.07) is 15.4. The fourth-order valence-corrected chi connectivity index (χ4v) is 2.57. The third-order valence-corrected chi connectivity index (χ3v) is 3.96. The highest BCUT2D eigenvalue weighted by atomic mass is 35.5. The molecule has 2 aromatic carbocycles. The predicted octanol–water partition coefficient (Wildman–Crippen LogP) is 3.87. The summed E-state index contributed by atoms with van der Waals surface area (Å²) in [5.74, 6) is 1.77. The lowest BCUT2D eigenvalue weighted by molar-refractivity contribution is 0.0946. The first-order valence-corrected chi connectivity index (χ1v) is 8.11. The van der Waals surface area contributed by atoms with Crippen LogP contribution in [-0.2, 0) is 6.42 Å². The van der Waals surface area contributed by atoms with Crippen molar-refractivity contribution in [3.63, 3.8) is 0 Å². The minimum Gasteiger partial charge on any atom is -0.497 e. The van der Waals surface area contributed by atoms with Crippen LogP contribution in [0, 0.1) is 0 Å². The second kappa shape index (κ2) is 10.7. The zero-order valence-electron chi connectivity index (χ0n) is 15.0. The van der Waals surface area contributed by atoms with Crippen LogP contribution in [0.2, 0.25) is 0 Å². The van der Waals surface area contributed by atoms with Crippen molar-refractivity contribution in [2.75, 3.05) is 34.4 Å². The van der Waals surface area contributed by atoms with Crippen molar-refractivity contribution >= 4 is 18.2 Å². The summed E-state index contributed by atoms with van der Waals surface area (Å²) in [6.07, 6.45) is 1.97. The van der Waals surface area contributed by atoms with Gasteiger partial charge < -0.3 is 9.47 Å². The van der Waals surface area contributed by atoms with Crippen LogP contribution < -0.4 is 9.47 Å². The van der Waals surface area contributed by atoms with E-state index in [-0.39, 0.29) is 18.2 Å². The van der Waals surface area contributed by atoms with Gasteiger partial charge in [0.15, 0.2) is 5.78 Å². The quantitative estimate of drug-likeness (QED) is 0.634. The molecule has 0 unspecified atom stereocenters. The molecule has 0 bridgehead atoms. The number of Topliss-reactive ketones (excluding diaryl/α,β-unsaturated/α-hetero) is 1. The molecule has 0 heterocycles. The third-order valence-electron chi connectivity index (χ3n) is 3.96. The molecule has 5 heteroatoms. The Labute approximate surface area is 156 Å². The predicted molar refractivity (Wildman–Crippen MR) is 103 cm³/mol. The SMILES string of the molecule is COc1ccc(C(=O)CN(C)CCCc2cccc(OC)c2)cc1.Cl. The van der Waals surface area contributed by atoms with Gasteiger partial charge in [-0.15, -0.1) is 12.4 Å². The molecule has 0 amide bonds. The Morgan fingerprint density at radius 2 is 1.68 bits per heavy atom. The molecule has 0 fully saturated rings. The number of carbonyl (C=O) groups is 1. The molecule has 136 valence electrons. The van der Waals surface area contributed by atoms with Crippen LogP contribution in [0.15, 0.2) is 48.5 Å². The van der Waals surface area contributed by atoms with Crippen LogP contribution in [0.5, 0.6) is 11.5 Å². The Kier molecular flexibility index (Phi) is 9.03. The van der Waals surface area contributed by atoms with Gasteiger partial charge in [-0.2, -0.15) is 0 Å². The Morgan fingerprint density at radius 1 is 1.00 bits per heavy atom. The summed E-state index contributed by atoms with van der Waals surface area (Å²) in [7, 11) is 5.28. The molecule has 25 heavy (non-hydrogen) atoms. The molecule has 0 N–H and O–H groups in total. The maximum Gasteiger partial charge on any atom is 0.176 e. The number of nitrogens with zero attached hydrogens (tertiary/aromatic N) is 1. The maximum absolute atomic E-state index is 12.3. The lowest BCUT2D eigenvalue weighted by atomic mass is 10.1. The molecule has 2 aromatic rings. The van der Waals surface area contributed by atoms with Crippen molar-refractivity contribution in [2.24, 2.45) is 0 Å². The molecular weight excluding hydrogens is 338 g/mol. The van der Waals surface area contributed by atoms with Crippen molar-refractivity contribution in [3.05, 3.63) is 59.7 Å². The second-order valence-corrected chi connectivity index (χ2v) is 5.84. The van der Waals surface area contributed by atoms with Gasteiger partial charge in [0.2, 0.25) is 0 Å². The molecule has 0 aliphatic rings. The van der Waals surface area contributed by atoms with Crippen molar-refractivity contribution in [2.45, 2.75) is 12.8 Å². The molecule has 0 aromatic heterocycles. The van der Waals surface area contributed by atoms with Crippen LogP contribution >= 0.6 is 12.4 Å². The fraction of sp³-hybridized carbons (Fsp3) is 0.350. The van der Waals surface area contributed by atoms with Crippen LogP contribution in [-0.4, -0.2) is 45.0 Å². The molecule has 0 saturated carbocycles. The van der Waals surface area contributed by atoms with E-state index in [0.717, 1.165) is 36.4 Å². The van der Waals surface area contributed by atoms with Gasteiger partial charge >= 0.3 is 0 Å². The molecular formula is C20H26ClNO3. The molecule has 0 aliphatic carbocycles. The first kappa shape index (κ1) is 21.0. The molecule has 0 aliphatic heterocycles. The molecule has 0 spiro atoms. The topological polar surface area (TPSA) is 38.8 Å². The van der Waals surface area contributed by atoms with E-state index in [0.29, 0.717) is 6.54 Å². The number of ether oxygens (including phenoxy) is 2. The summed E-state index contributed by atoms with van der Waals surface area (Å²) in [6.45, 7) is 1.30. The van der Waals surface area contributed by atoms with E-state index in [9.17, 15) is 4.79 Å². The van der Waals surface area contributed by atoms with Gasteiger partial charge in [-0.1, -0.05) is 12.1 Å². The Hall–Kier alpha value is -2.04. The number of likely N-dealkylation sites (N-methyl/N-ethyl adjacent to an activating group) is 1. The number of aryl methyl sites for hydroxylation is 1. The number of hydrogen-bond donors (Lipinski definition) is 0. The first-order valence-electron chi connectivity index (χ1n) is 8.11. The monoisotopic (exact) mass is 363 g/mol. The van der Waals surface area contributed by atoms with Gasteiger partial charge in [-0.05, 0) is 68.4 Å². The van der Waals surface area contributed by atoms with E-state index >= 15 is 0 Å². The Bertz CT molecular complexity index is 658. The van der Waals surface area contributed by atoms with Crippen LogP contribution in [0.3, 0.4) is 0 Å². The van der Waals surface area contributed by atoms with Gasteiger partial charge in [0.1, 0.15) is 11.5 Å². The number of hydrogen-bond acceptors (Lipinski definition) is 4. The molecule has 4 nitrogen and oxygen atoms in total. The Morgan fingerprint density at radius 3 is 2.32 bits per heavy atom. The average Bonchev–Trinajstić information content (AvgIpc) is 2.62. The maximum atomic E-state index is 12.3. The van der Waals surface area contributed by atoms with Crippen LogP contribution in [0.4, 0.5) is 0 Å². The van der Waals surface area contributed by atoms with E-state index in [1.54, 1.807) is 14.2 Å². The largest absolute Gasteiger partial charge is 0.497 e. The summed E-state index contributed by atoms with van der Waals surface area (Å²) in [5.41, 5.74) is 1.97. The molecule has 0 radical (unpaired) electrons. The summed E-state index contributed by atoms with van der Waals surface area (Å²) in [4.78, 5) is 14.3. The summed E-state index contributed by atoms with van der Waals surface area (Å²) >= 11 is 0.